The minimum atomic E-state index is 0.676. The molecule has 0 unspecified atom stereocenters. The van der Waals surface area contributed by atoms with E-state index in [-0.39, 0.29) is 0 Å². The Hall–Kier alpha value is -1.81. The summed E-state index contributed by atoms with van der Waals surface area (Å²) in [6, 6.07) is 8.15. The maximum Gasteiger partial charge on any atom is 0.120 e. The summed E-state index contributed by atoms with van der Waals surface area (Å²) in [7, 11) is 1.97. The van der Waals surface area contributed by atoms with Crippen LogP contribution in [0.5, 0.6) is 5.75 Å². The molecule has 0 saturated carbocycles. The summed E-state index contributed by atoms with van der Waals surface area (Å²) >= 11 is 0. The number of nitrogens with zero attached hydrogens (tertiary/aromatic N) is 1. The second-order valence-electron chi connectivity index (χ2n) is 4.81. The van der Waals surface area contributed by atoms with E-state index < -0.39 is 0 Å². The molecule has 20 heavy (non-hydrogen) atoms. The molecule has 0 atom stereocenters. The zero-order valence-electron chi connectivity index (χ0n) is 12.5. The van der Waals surface area contributed by atoms with E-state index in [1.807, 2.05) is 33.0 Å². The minimum Gasteiger partial charge on any atom is -0.494 e. The van der Waals surface area contributed by atoms with Gasteiger partial charge in [-0.3, -0.25) is 4.98 Å². The third-order valence-corrected chi connectivity index (χ3v) is 3.14. The number of nitrogens with one attached hydrogen (secondary N) is 2. The number of ether oxygens (including phenoxy) is 1. The Bertz CT molecular complexity index is 569. The van der Waals surface area contributed by atoms with Crippen molar-refractivity contribution in [2.24, 2.45) is 0 Å². The fourth-order valence-electron chi connectivity index (χ4n) is 2.23. The zero-order valence-corrected chi connectivity index (χ0v) is 12.5. The van der Waals surface area contributed by atoms with Gasteiger partial charge in [-0.2, -0.15) is 0 Å². The van der Waals surface area contributed by atoms with Gasteiger partial charge < -0.3 is 15.4 Å². The minimum absolute atomic E-state index is 0.676. The highest BCUT2D eigenvalue weighted by Crippen LogP contribution is 2.27. The number of hydrogen-bond donors (Lipinski definition) is 2. The van der Waals surface area contributed by atoms with Gasteiger partial charge in [0.2, 0.25) is 0 Å². The van der Waals surface area contributed by atoms with Crippen LogP contribution in [0.15, 0.2) is 24.3 Å². The molecule has 108 valence electrons. The average molecular weight is 273 g/mol. The fourth-order valence-corrected chi connectivity index (χ4v) is 2.23. The lowest BCUT2D eigenvalue weighted by atomic mass is 10.1. The summed E-state index contributed by atoms with van der Waals surface area (Å²) in [4.78, 5) is 4.57. The lowest BCUT2D eigenvalue weighted by Gasteiger charge is -2.12. The van der Waals surface area contributed by atoms with E-state index in [9.17, 15) is 0 Å². The van der Waals surface area contributed by atoms with Gasteiger partial charge in [-0.25, -0.2) is 0 Å². The van der Waals surface area contributed by atoms with Gasteiger partial charge in [0.15, 0.2) is 0 Å². The lowest BCUT2D eigenvalue weighted by molar-refractivity contribution is 0.340. The maximum atomic E-state index is 5.58. The highest BCUT2D eigenvalue weighted by atomic mass is 16.5. The Morgan fingerprint density at radius 2 is 2.05 bits per heavy atom. The molecule has 0 amide bonds. The van der Waals surface area contributed by atoms with Crippen LogP contribution in [-0.4, -0.2) is 31.7 Å². The summed E-state index contributed by atoms with van der Waals surface area (Å²) < 4.78 is 5.58. The van der Waals surface area contributed by atoms with E-state index >= 15 is 0 Å². The van der Waals surface area contributed by atoms with Gasteiger partial charge in [-0.15, -0.1) is 0 Å². The lowest BCUT2D eigenvalue weighted by Crippen LogP contribution is -2.13. The molecule has 1 heterocycles. The first-order valence-electron chi connectivity index (χ1n) is 7.17. The largest absolute Gasteiger partial charge is 0.494 e. The van der Waals surface area contributed by atoms with Crippen molar-refractivity contribution in [1.29, 1.82) is 0 Å². The van der Waals surface area contributed by atoms with Crippen molar-refractivity contribution in [3.05, 3.63) is 30.0 Å². The van der Waals surface area contributed by atoms with E-state index in [1.54, 1.807) is 0 Å². The van der Waals surface area contributed by atoms with Crippen molar-refractivity contribution in [3.8, 4) is 5.75 Å². The monoisotopic (exact) mass is 273 g/mol. The topological polar surface area (TPSA) is 46.2 Å². The van der Waals surface area contributed by atoms with Gasteiger partial charge in [0, 0.05) is 23.3 Å². The Labute approximate surface area is 120 Å². The predicted octanol–water partition coefficient (Wildman–Crippen LogP) is 2.96. The van der Waals surface area contributed by atoms with Crippen LogP contribution in [0.1, 0.15) is 19.0 Å². The molecule has 0 saturated heterocycles. The zero-order chi connectivity index (χ0) is 14.4. The molecular weight excluding hydrogens is 250 g/mol. The number of pyridine rings is 1. The van der Waals surface area contributed by atoms with E-state index in [4.69, 9.17) is 4.74 Å². The van der Waals surface area contributed by atoms with Crippen LogP contribution < -0.4 is 15.4 Å². The molecule has 2 aromatic rings. The quantitative estimate of drug-likeness (QED) is 0.761. The first-order chi connectivity index (χ1) is 9.74. The van der Waals surface area contributed by atoms with E-state index in [0.717, 1.165) is 47.5 Å². The third kappa shape index (κ3) is 3.61. The second-order valence-corrected chi connectivity index (χ2v) is 4.81. The molecule has 4 heteroatoms. The van der Waals surface area contributed by atoms with Gasteiger partial charge in [-0.1, -0.05) is 0 Å². The molecule has 4 nitrogen and oxygen atoms in total. The van der Waals surface area contributed by atoms with Gasteiger partial charge >= 0.3 is 0 Å². The first-order valence-corrected chi connectivity index (χ1v) is 7.17. The molecule has 0 fully saturated rings. The summed E-state index contributed by atoms with van der Waals surface area (Å²) in [5.41, 5.74) is 3.16. The number of aryl methyl sites for hydroxylation is 1. The van der Waals surface area contributed by atoms with Crippen LogP contribution in [0, 0.1) is 6.92 Å². The van der Waals surface area contributed by atoms with Gasteiger partial charge in [0.25, 0.3) is 0 Å². The van der Waals surface area contributed by atoms with Crippen LogP contribution in [0.3, 0.4) is 0 Å². The van der Waals surface area contributed by atoms with Gasteiger partial charge in [-0.05, 0) is 58.1 Å². The molecule has 2 N–H and O–H groups in total. The van der Waals surface area contributed by atoms with Crippen molar-refractivity contribution >= 4 is 16.6 Å². The molecule has 2 rings (SSSR count). The van der Waals surface area contributed by atoms with E-state index in [0.29, 0.717) is 6.61 Å². The Balaban J connectivity index is 2.27. The molecule has 0 aliphatic carbocycles. The third-order valence-electron chi connectivity index (χ3n) is 3.14. The highest BCUT2D eigenvalue weighted by Gasteiger charge is 2.05. The standard InChI is InChI=1S/C16H23N3O/c1-4-20-13-6-7-15-14(11-13)16(10-12(2)19-15)18-9-5-8-17-3/h6-7,10-11,17H,4-5,8-9H2,1-3H3,(H,18,19). The average Bonchev–Trinajstić information content (AvgIpc) is 2.44. The van der Waals surface area contributed by atoms with Crippen molar-refractivity contribution in [1.82, 2.24) is 10.3 Å². The number of anilines is 1. The van der Waals surface area contributed by atoms with Gasteiger partial charge in [0.05, 0.1) is 12.1 Å². The number of fused-ring (bicyclic) bond motifs is 1. The first kappa shape index (κ1) is 14.6. The van der Waals surface area contributed by atoms with Crippen molar-refractivity contribution in [2.75, 3.05) is 32.1 Å². The van der Waals surface area contributed by atoms with E-state index in [1.165, 1.54) is 0 Å². The normalized spacial score (nSPS) is 10.8. The molecular formula is C16H23N3O. The molecule has 1 aromatic carbocycles. The highest BCUT2D eigenvalue weighted by molar-refractivity contribution is 5.92. The van der Waals surface area contributed by atoms with Crippen molar-refractivity contribution < 1.29 is 4.74 Å². The van der Waals surface area contributed by atoms with Crippen molar-refractivity contribution in [3.63, 3.8) is 0 Å². The van der Waals surface area contributed by atoms with Crippen LogP contribution in [0.2, 0.25) is 0 Å². The summed E-state index contributed by atoms with van der Waals surface area (Å²) in [6.45, 7) is 6.65. The maximum absolute atomic E-state index is 5.58. The van der Waals surface area contributed by atoms with E-state index in [2.05, 4.69) is 27.8 Å². The summed E-state index contributed by atoms with van der Waals surface area (Å²) in [5.74, 6) is 0.893. The van der Waals surface area contributed by atoms with Crippen LogP contribution in [0.25, 0.3) is 10.9 Å². The second kappa shape index (κ2) is 7.10. The number of hydrogen-bond acceptors (Lipinski definition) is 4. The molecule has 0 spiro atoms. The Kier molecular flexibility index (Phi) is 5.18. The summed E-state index contributed by atoms with van der Waals surface area (Å²) in [5, 5.41) is 7.77. The van der Waals surface area contributed by atoms with Crippen LogP contribution in [-0.2, 0) is 0 Å². The number of rotatable bonds is 7. The molecule has 0 bridgehead atoms. The van der Waals surface area contributed by atoms with Crippen LogP contribution in [0.4, 0.5) is 5.69 Å². The number of aromatic nitrogens is 1. The molecule has 0 radical (unpaired) electrons. The Morgan fingerprint density at radius 1 is 1.20 bits per heavy atom. The predicted molar refractivity (Wildman–Crippen MR) is 84.7 cm³/mol. The molecule has 1 aromatic heterocycles. The molecule has 0 aliphatic heterocycles. The van der Waals surface area contributed by atoms with Gasteiger partial charge in [0.1, 0.15) is 5.75 Å². The Morgan fingerprint density at radius 3 is 2.80 bits per heavy atom. The summed E-state index contributed by atoms with van der Waals surface area (Å²) in [6.07, 6.45) is 1.09. The SMILES string of the molecule is CCOc1ccc2nc(C)cc(NCCCNC)c2c1. The van der Waals surface area contributed by atoms with Crippen molar-refractivity contribution in [2.45, 2.75) is 20.3 Å². The smallest absolute Gasteiger partial charge is 0.120 e. The fraction of sp³-hybridized carbons (Fsp3) is 0.438. The number of benzene rings is 1. The molecule has 0 aliphatic rings. The van der Waals surface area contributed by atoms with Crippen LogP contribution >= 0.6 is 0 Å².